The minimum Gasteiger partial charge on any atom is -0.490 e. The molecule has 0 spiro atoms. The molecule has 1 aliphatic rings. The van der Waals surface area contributed by atoms with E-state index in [2.05, 4.69) is 42.6 Å². The Labute approximate surface area is 165 Å². The van der Waals surface area contributed by atoms with Crippen molar-refractivity contribution < 1.29 is 4.74 Å². The van der Waals surface area contributed by atoms with Crippen LogP contribution in [-0.2, 0) is 6.42 Å². The van der Waals surface area contributed by atoms with Gasteiger partial charge in [-0.15, -0.1) is 11.3 Å². The number of rotatable bonds is 4. The summed E-state index contributed by atoms with van der Waals surface area (Å²) in [6.45, 7) is 6.26. The van der Waals surface area contributed by atoms with Gasteiger partial charge in [-0.2, -0.15) is 5.26 Å². The summed E-state index contributed by atoms with van der Waals surface area (Å²) in [5, 5.41) is 11.7. The molecule has 0 radical (unpaired) electrons. The molecule has 1 atom stereocenters. The summed E-state index contributed by atoms with van der Waals surface area (Å²) < 4.78 is 5.74. The summed E-state index contributed by atoms with van der Waals surface area (Å²) in [6, 6.07) is 17.1. The van der Waals surface area contributed by atoms with Crippen LogP contribution in [0.5, 0.6) is 5.75 Å². The second-order valence-corrected chi connectivity index (χ2v) is 8.41. The van der Waals surface area contributed by atoms with Gasteiger partial charge in [-0.25, -0.2) is 0 Å². The van der Waals surface area contributed by atoms with Crippen LogP contribution in [0.25, 0.3) is 21.6 Å². The van der Waals surface area contributed by atoms with Gasteiger partial charge >= 0.3 is 0 Å². The average molecular weight is 374 g/mol. The number of ether oxygens (including phenoxy) is 1. The van der Waals surface area contributed by atoms with Gasteiger partial charge in [0.05, 0.1) is 11.7 Å². The molecule has 0 aliphatic heterocycles. The predicted octanol–water partition coefficient (Wildman–Crippen LogP) is 6.79. The van der Waals surface area contributed by atoms with Crippen molar-refractivity contribution in [3.05, 3.63) is 64.5 Å². The van der Waals surface area contributed by atoms with Crippen LogP contribution in [0.3, 0.4) is 0 Å². The Morgan fingerprint density at radius 2 is 2.00 bits per heavy atom. The molecule has 0 N–H and O–H groups in total. The zero-order chi connectivity index (χ0) is 19.0. The maximum Gasteiger partial charge on any atom is 0.137 e. The molecular formula is C24H23NOS. The first kappa shape index (κ1) is 17.8. The smallest absolute Gasteiger partial charge is 0.137 e. The second-order valence-electron chi connectivity index (χ2n) is 7.50. The summed E-state index contributed by atoms with van der Waals surface area (Å²) in [5.74, 6) is 1.31. The first-order valence-electron chi connectivity index (χ1n) is 9.48. The summed E-state index contributed by atoms with van der Waals surface area (Å²) >= 11 is 1.78. The minimum atomic E-state index is 0.0540. The van der Waals surface area contributed by atoms with Crippen LogP contribution in [0.15, 0.2) is 47.8 Å². The lowest BCUT2D eigenvalue weighted by molar-refractivity contribution is 0.242. The van der Waals surface area contributed by atoms with Crippen molar-refractivity contribution in [3.63, 3.8) is 0 Å². The SMILES string of the molecule is CC(C)Oc1ccc(-c2csc(-c3cccc4c3CCC4C)c2)cc1C#N. The Balaban J connectivity index is 1.69. The number of thiophene rings is 1. The molecule has 2 nitrogen and oxygen atoms in total. The van der Waals surface area contributed by atoms with Gasteiger partial charge in [-0.3, -0.25) is 0 Å². The monoisotopic (exact) mass is 373 g/mol. The van der Waals surface area contributed by atoms with Crippen molar-refractivity contribution >= 4 is 11.3 Å². The third-order valence-electron chi connectivity index (χ3n) is 5.23. The van der Waals surface area contributed by atoms with Crippen LogP contribution in [0, 0.1) is 11.3 Å². The Kier molecular flexibility index (Phi) is 4.76. The highest BCUT2D eigenvalue weighted by Gasteiger charge is 2.22. The molecular weight excluding hydrogens is 350 g/mol. The van der Waals surface area contributed by atoms with E-state index in [4.69, 9.17) is 4.74 Å². The average Bonchev–Trinajstić information content (AvgIpc) is 3.29. The number of hydrogen-bond acceptors (Lipinski definition) is 3. The lowest BCUT2D eigenvalue weighted by Crippen LogP contribution is -2.06. The van der Waals surface area contributed by atoms with Crippen molar-refractivity contribution in [1.29, 1.82) is 5.26 Å². The van der Waals surface area contributed by atoms with Gasteiger partial charge in [0.1, 0.15) is 11.8 Å². The summed E-state index contributed by atoms with van der Waals surface area (Å²) in [4.78, 5) is 1.30. The second kappa shape index (κ2) is 7.21. The Morgan fingerprint density at radius 3 is 2.78 bits per heavy atom. The Morgan fingerprint density at radius 1 is 1.15 bits per heavy atom. The summed E-state index contributed by atoms with van der Waals surface area (Å²) in [7, 11) is 0. The van der Waals surface area contributed by atoms with E-state index in [0.29, 0.717) is 17.2 Å². The molecule has 2 aromatic carbocycles. The van der Waals surface area contributed by atoms with Gasteiger partial charge in [-0.05, 0) is 84.0 Å². The standard InChI is InChI=1S/C24H23NOS/c1-15(2)26-23-10-8-17(11-18(23)13-25)19-12-24(27-14-19)22-6-4-5-20-16(3)7-9-21(20)22/h4-6,8,10-12,14-16H,7,9H2,1-3H3. The van der Waals surface area contributed by atoms with E-state index in [1.54, 1.807) is 11.3 Å². The van der Waals surface area contributed by atoms with E-state index in [9.17, 15) is 5.26 Å². The fraction of sp³-hybridized carbons (Fsp3) is 0.292. The van der Waals surface area contributed by atoms with Crippen molar-refractivity contribution in [1.82, 2.24) is 0 Å². The molecule has 1 aliphatic carbocycles. The normalized spacial score (nSPS) is 15.6. The lowest BCUT2D eigenvalue weighted by atomic mass is 9.98. The molecule has 0 bridgehead atoms. The predicted molar refractivity (Wildman–Crippen MR) is 112 cm³/mol. The zero-order valence-corrected chi connectivity index (χ0v) is 16.8. The number of nitriles is 1. The van der Waals surface area contributed by atoms with Crippen LogP contribution in [0.2, 0.25) is 0 Å². The quantitative estimate of drug-likeness (QED) is 0.504. The molecule has 1 aromatic heterocycles. The highest BCUT2D eigenvalue weighted by atomic mass is 32.1. The van der Waals surface area contributed by atoms with Crippen molar-refractivity contribution in [3.8, 4) is 33.4 Å². The highest BCUT2D eigenvalue weighted by Crippen LogP contribution is 2.42. The molecule has 3 aromatic rings. The third-order valence-corrected chi connectivity index (χ3v) is 6.19. The molecule has 4 rings (SSSR count). The Bertz CT molecular complexity index is 1030. The van der Waals surface area contributed by atoms with E-state index in [-0.39, 0.29) is 6.10 Å². The summed E-state index contributed by atoms with van der Waals surface area (Å²) in [6.07, 6.45) is 2.46. The van der Waals surface area contributed by atoms with Gasteiger partial charge in [0.2, 0.25) is 0 Å². The van der Waals surface area contributed by atoms with Gasteiger partial charge in [-0.1, -0.05) is 31.2 Å². The fourth-order valence-electron chi connectivity index (χ4n) is 3.88. The number of nitrogens with zero attached hydrogens (tertiary/aromatic N) is 1. The number of fused-ring (bicyclic) bond motifs is 1. The number of hydrogen-bond donors (Lipinski definition) is 0. The lowest BCUT2D eigenvalue weighted by Gasteiger charge is -2.12. The maximum atomic E-state index is 9.49. The maximum absolute atomic E-state index is 9.49. The third kappa shape index (κ3) is 3.38. The zero-order valence-electron chi connectivity index (χ0n) is 16.0. The van der Waals surface area contributed by atoms with E-state index >= 15 is 0 Å². The largest absolute Gasteiger partial charge is 0.490 e. The molecule has 0 amide bonds. The minimum absolute atomic E-state index is 0.0540. The van der Waals surface area contributed by atoms with E-state index in [1.807, 2.05) is 32.0 Å². The fourth-order valence-corrected chi connectivity index (χ4v) is 4.85. The van der Waals surface area contributed by atoms with Gasteiger partial charge in [0, 0.05) is 4.88 Å². The topological polar surface area (TPSA) is 33.0 Å². The van der Waals surface area contributed by atoms with Crippen molar-refractivity contribution in [2.75, 3.05) is 0 Å². The summed E-state index contributed by atoms with van der Waals surface area (Å²) in [5.41, 5.74) is 7.19. The molecule has 3 heteroatoms. The molecule has 0 saturated carbocycles. The van der Waals surface area contributed by atoms with E-state index in [0.717, 1.165) is 11.1 Å². The van der Waals surface area contributed by atoms with Crippen LogP contribution < -0.4 is 4.74 Å². The molecule has 1 unspecified atom stereocenters. The van der Waals surface area contributed by atoms with Crippen LogP contribution in [0.1, 0.15) is 49.8 Å². The molecule has 136 valence electrons. The Hall–Kier alpha value is -2.57. The molecule has 0 saturated heterocycles. The molecule has 27 heavy (non-hydrogen) atoms. The van der Waals surface area contributed by atoms with Gasteiger partial charge in [0.25, 0.3) is 0 Å². The van der Waals surface area contributed by atoms with Crippen LogP contribution in [0.4, 0.5) is 0 Å². The van der Waals surface area contributed by atoms with Crippen molar-refractivity contribution in [2.45, 2.75) is 45.6 Å². The van der Waals surface area contributed by atoms with Gasteiger partial charge in [0.15, 0.2) is 0 Å². The number of benzene rings is 2. The van der Waals surface area contributed by atoms with Crippen LogP contribution in [-0.4, -0.2) is 6.10 Å². The molecule has 1 heterocycles. The molecule has 0 fully saturated rings. The van der Waals surface area contributed by atoms with Gasteiger partial charge < -0.3 is 4.74 Å². The highest BCUT2D eigenvalue weighted by molar-refractivity contribution is 7.14. The van der Waals surface area contributed by atoms with Crippen LogP contribution >= 0.6 is 11.3 Å². The first-order chi connectivity index (χ1) is 13.1. The first-order valence-corrected chi connectivity index (χ1v) is 10.4. The van der Waals surface area contributed by atoms with E-state index in [1.165, 1.54) is 34.4 Å². The van der Waals surface area contributed by atoms with Crippen molar-refractivity contribution in [2.24, 2.45) is 0 Å². The van der Waals surface area contributed by atoms with E-state index < -0.39 is 0 Å².